The molecule has 1 aromatic rings. The second-order valence-electron chi connectivity index (χ2n) is 4.43. The van der Waals surface area contributed by atoms with E-state index in [9.17, 15) is 9.59 Å². The van der Waals surface area contributed by atoms with Crippen molar-refractivity contribution in [3.63, 3.8) is 0 Å². The molecule has 1 fully saturated rings. The summed E-state index contributed by atoms with van der Waals surface area (Å²) in [5, 5.41) is 12.1. The van der Waals surface area contributed by atoms with Crippen molar-refractivity contribution in [1.82, 2.24) is 19.8 Å². The van der Waals surface area contributed by atoms with E-state index in [0.717, 1.165) is 0 Å². The van der Waals surface area contributed by atoms with Gasteiger partial charge in [-0.15, -0.1) is 0 Å². The third kappa shape index (κ3) is 3.05. The van der Waals surface area contributed by atoms with Gasteiger partial charge in [0.05, 0.1) is 19.2 Å². The van der Waals surface area contributed by atoms with Gasteiger partial charge in [-0.2, -0.15) is 0 Å². The van der Waals surface area contributed by atoms with Crippen molar-refractivity contribution in [2.45, 2.75) is 19.0 Å². The van der Waals surface area contributed by atoms with E-state index >= 15 is 0 Å². The third-order valence-electron chi connectivity index (χ3n) is 3.18. The molecule has 1 unspecified atom stereocenters. The van der Waals surface area contributed by atoms with Crippen LogP contribution in [0.4, 0.5) is 0 Å². The Morgan fingerprint density at radius 2 is 2.42 bits per heavy atom. The minimum Gasteiger partial charge on any atom is -0.481 e. The number of aliphatic carboxylic acids is 1. The van der Waals surface area contributed by atoms with Gasteiger partial charge in [-0.1, -0.05) is 11.6 Å². The van der Waals surface area contributed by atoms with Gasteiger partial charge >= 0.3 is 5.97 Å². The summed E-state index contributed by atoms with van der Waals surface area (Å²) >= 11 is 5.91. The van der Waals surface area contributed by atoms with Crippen LogP contribution in [-0.4, -0.2) is 50.6 Å². The van der Waals surface area contributed by atoms with Crippen molar-refractivity contribution < 1.29 is 14.7 Å². The number of hydrogen-bond donors (Lipinski definition) is 2. The van der Waals surface area contributed by atoms with Crippen molar-refractivity contribution in [2.75, 3.05) is 13.1 Å². The average molecular weight is 287 g/mol. The Bertz CT molecular complexity index is 502. The van der Waals surface area contributed by atoms with Crippen LogP contribution in [-0.2, 0) is 23.2 Å². The van der Waals surface area contributed by atoms with Crippen LogP contribution in [0.5, 0.6) is 0 Å². The molecule has 2 N–H and O–H groups in total. The Balaban J connectivity index is 2.13. The molecule has 2 heterocycles. The molecule has 1 aromatic heterocycles. The molecule has 0 aromatic carbocycles. The summed E-state index contributed by atoms with van der Waals surface area (Å²) in [6, 6.07) is -0.665. The number of nitrogens with zero attached hydrogens (tertiary/aromatic N) is 3. The zero-order chi connectivity index (χ0) is 14.0. The Morgan fingerprint density at radius 1 is 1.68 bits per heavy atom. The number of imidazole rings is 1. The van der Waals surface area contributed by atoms with E-state index in [4.69, 9.17) is 16.7 Å². The Morgan fingerprint density at radius 3 is 3.00 bits per heavy atom. The highest BCUT2D eigenvalue weighted by atomic mass is 35.5. The SMILES string of the molecule is Cn1c(Cl)cnc1CN1CCNC(=O)C1CC(=O)O. The second-order valence-corrected chi connectivity index (χ2v) is 4.82. The van der Waals surface area contributed by atoms with Crippen LogP contribution >= 0.6 is 11.6 Å². The van der Waals surface area contributed by atoms with E-state index in [-0.39, 0.29) is 12.3 Å². The molecule has 0 spiro atoms. The van der Waals surface area contributed by atoms with Gasteiger partial charge in [0.1, 0.15) is 17.0 Å². The van der Waals surface area contributed by atoms with Gasteiger partial charge in [0.2, 0.25) is 5.91 Å². The summed E-state index contributed by atoms with van der Waals surface area (Å²) in [7, 11) is 1.78. The largest absolute Gasteiger partial charge is 0.481 e. The number of aromatic nitrogens is 2. The van der Waals surface area contributed by atoms with Crippen LogP contribution in [0, 0.1) is 0 Å². The van der Waals surface area contributed by atoms with Crippen LogP contribution < -0.4 is 5.32 Å². The fourth-order valence-corrected chi connectivity index (χ4v) is 2.24. The van der Waals surface area contributed by atoms with Crippen LogP contribution in [0.2, 0.25) is 5.15 Å². The van der Waals surface area contributed by atoms with E-state index in [2.05, 4.69) is 10.3 Å². The number of halogens is 1. The maximum absolute atomic E-state index is 11.8. The summed E-state index contributed by atoms with van der Waals surface area (Å²) in [6.45, 7) is 1.50. The lowest BCUT2D eigenvalue weighted by Crippen LogP contribution is -2.55. The molecule has 2 rings (SSSR count). The molecule has 7 nitrogen and oxygen atoms in total. The van der Waals surface area contributed by atoms with Gasteiger partial charge in [0.15, 0.2) is 0 Å². The summed E-state index contributed by atoms with van der Waals surface area (Å²) in [5.74, 6) is -0.547. The molecule has 0 aliphatic carbocycles. The smallest absolute Gasteiger partial charge is 0.305 e. The number of hydrogen-bond acceptors (Lipinski definition) is 4. The van der Waals surface area contributed by atoms with Crippen LogP contribution in [0.15, 0.2) is 6.20 Å². The fourth-order valence-electron chi connectivity index (χ4n) is 2.09. The molecule has 1 atom stereocenters. The molecule has 0 saturated carbocycles. The molecule has 1 aliphatic heterocycles. The first-order valence-corrected chi connectivity index (χ1v) is 6.26. The standard InChI is InChI=1S/C11H15ClN4O3/c1-15-8(12)5-14-9(15)6-16-3-2-13-11(19)7(16)4-10(17)18/h5,7H,2-4,6H2,1H3,(H,13,19)(H,17,18). The molecule has 1 amide bonds. The third-order valence-corrected chi connectivity index (χ3v) is 3.53. The van der Waals surface area contributed by atoms with E-state index < -0.39 is 12.0 Å². The molecular weight excluding hydrogens is 272 g/mol. The van der Waals surface area contributed by atoms with Gasteiger partial charge < -0.3 is 15.0 Å². The first kappa shape index (κ1) is 13.8. The van der Waals surface area contributed by atoms with E-state index in [1.807, 2.05) is 4.90 Å². The molecule has 8 heteroatoms. The lowest BCUT2D eigenvalue weighted by atomic mass is 10.1. The number of rotatable bonds is 4. The molecule has 19 heavy (non-hydrogen) atoms. The Hall–Kier alpha value is -1.60. The zero-order valence-electron chi connectivity index (χ0n) is 10.5. The van der Waals surface area contributed by atoms with Crippen LogP contribution in [0.25, 0.3) is 0 Å². The number of carbonyl (C=O) groups is 2. The average Bonchev–Trinajstić information content (AvgIpc) is 2.65. The maximum Gasteiger partial charge on any atom is 0.305 e. The molecule has 0 radical (unpaired) electrons. The fraction of sp³-hybridized carbons (Fsp3) is 0.545. The van der Waals surface area contributed by atoms with Crippen molar-refractivity contribution in [3.8, 4) is 0 Å². The molecule has 1 saturated heterocycles. The summed E-state index contributed by atoms with van der Waals surface area (Å²) in [6.07, 6.45) is 1.32. The first-order chi connectivity index (χ1) is 8.99. The van der Waals surface area contributed by atoms with Gasteiger partial charge in [-0.25, -0.2) is 4.98 Å². The van der Waals surface area contributed by atoms with E-state index in [0.29, 0.717) is 30.6 Å². The predicted octanol–water partition coefficient (Wildman–Crippen LogP) is -0.151. The number of amides is 1. The van der Waals surface area contributed by atoms with Gasteiger partial charge in [0.25, 0.3) is 0 Å². The van der Waals surface area contributed by atoms with Crippen molar-refractivity contribution in [3.05, 3.63) is 17.2 Å². The van der Waals surface area contributed by atoms with E-state index in [1.54, 1.807) is 11.6 Å². The van der Waals surface area contributed by atoms with Gasteiger partial charge in [-0.05, 0) is 0 Å². The number of nitrogens with one attached hydrogen (secondary N) is 1. The number of piperazine rings is 1. The highest BCUT2D eigenvalue weighted by molar-refractivity contribution is 6.29. The normalized spacial score (nSPS) is 20.3. The van der Waals surface area contributed by atoms with Gasteiger partial charge in [0, 0.05) is 20.1 Å². The van der Waals surface area contributed by atoms with Gasteiger partial charge in [-0.3, -0.25) is 14.5 Å². The number of carbonyl (C=O) groups excluding carboxylic acids is 1. The quantitative estimate of drug-likeness (QED) is 0.804. The minimum atomic E-state index is -0.995. The summed E-state index contributed by atoms with van der Waals surface area (Å²) in [4.78, 5) is 28.6. The highest BCUT2D eigenvalue weighted by Crippen LogP contribution is 2.15. The number of carboxylic acids is 1. The summed E-state index contributed by atoms with van der Waals surface area (Å²) < 4.78 is 1.71. The first-order valence-electron chi connectivity index (χ1n) is 5.88. The van der Waals surface area contributed by atoms with E-state index in [1.165, 1.54) is 6.20 Å². The molecule has 104 valence electrons. The Labute approximate surface area is 115 Å². The topological polar surface area (TPSA) is 87.5 Å². The second kappa shape index (κ2) is 5.58. The monoisotopic (exact) mass is 286 g/mol. The molecular formula is C11H15ClN4O3. The lowest BCUT2D eigenvalue weighted by molar-refractivity contribution is -0.143. The highest BCUT2D eigenvalue weighted by Gasteiger charge is 2.32. The van der Waals surface area contributed by atoms with Crippen molar-refractivity contribution in [1.29, 1.82) is 0 Å². The number of carboxylic acid groups (broad SMARTS) is 1. The predicted molar refractivity (Wildman–Crippen MR) is 67.7 cm³/mol. The van der Waals surface area contributed by atoms with Crippen LogP contribution in [0.3, 0.4) is 0 Å². The maximum atomic E-state index is 11.8. The van der Waals surface area contributed by atoms with Crippen LogP contribution in [0.1, 0.15) is 12.2 Å². The van der Waals surface area contributed by atoms with Crippen molar-refractivity contribution >= 4 is 23.5 Å². The minimum absolute atomic E-state index is 0.218. The molecule has 1 aliphatic rings. The zero-order valence-corrected chi connectivity index (χ0v) is 11.2. The van der Waals surface area contributed by atoms with Crippen molar-refractivity contribution in [2.24, 2.45) is 7.05 Å². The Kier molecular flexibility index (Phi) is 4.06. The summed E-state index contributed by atoms with van der Waals surface area (Å²) in [5.41, 5.74) is 0. The lowest BCUT2D eigenvalue weighted by Gasteiger charge is -2.33. The molecule has 0 bridgehead atoms.